The Hall–Kier alpha value is -0.730. The second-order valence-electron chi connectivity index (χ2n) is 4.47. The van der Waals surface area contributed by atoms with Crippen LogP contribution in [-0.2, 0) is 0 Å². The van der Waals surface area contributed by atoms with Gasteiger partial charge in [-0.15, -0.1) is 0 Å². The van der Waals surface area contributed by atoms with Crippen molar-refractivity contribution in [1.29, 1.82) is 0 Å². The third kappa shape index (κ3) is 0.993. The summed E-state index contributed by atoms with van der Waals surface area (Å²) in [5.74, 6) is 0. The molecule has 1 saturated heterocycles. The van der Waals surface area contributed by atoms with E-state index in [9.17, 15) is 4.79 Å². The summed E-state index contributed by atoms with van der Waals surface area (Å²) in [5.41, 5.74) is 0.349. The van der Waals surface area contributed by atoms with Crippen LogP contribution in [0, 0.1) is 5.41 Å². The first-order valence-corrected chi connectivity index (χ1v) is 4.66. The van der Waals surface area contributed by atoms with Crippen LogP contribution < -0.4 is 5.32 Å². The van der Waals surface area contributed by atoms with Gasteiger partial charge in [-0.05, 0) is 18.3 Å². The Morgan fingerprint density at radius 2 is 2.33 bits per heavy atom. The normalized spacial score (nSPS) is 33.0. The Labute approximate surface area is 73.1 Å². The summed E-state index contributed by atoms with van der Waals surface area (Å²) in [6, 6.07) is 0.618. The van der Waals surface area contributed by atoms with Crippen molar-refractivity contribution in [1.82, 2.24) is 10.2 Å². The molecule has 0 spiro atoms. The van der Waals surface area contributed by atoms with Crippen molar-refractivity contribution < 1.29 is 4.79 Å². The minimum Gasteiger partial charge on any atom is -0.336 e. The topological polar surface area (TPSA) is 32.3 Å². The molecule has 1 aliphatic carbocycles. The Balaban J connectivity index is 2.05. The quantitative estimate of drug-likeness (QED) is 0.627. The number of rotatable bonds is 1. The first kappa shape index (κ1) is 7.90. The molecule has 12 heavy (non-hydrogen) atoms. The number of nitrogens with one attached hydrogen (secondary N) is 1. The van der Waals surface area contributed by atoms with E-state index >= 15 is 0 Å². The molecule has 2 rings (SSSR count). The Morgan fingerprint density at radius 1 is 1.58 bits per heavy atom. The lowest BCUT2D eigenvalue weighted by molar-refractivity contribution is 0.0349. The molecular weight excluding hydrogens is 152 g/mol. The predicted octanol–water partition coefficient (Wildman–Crippen LogP) is 1.20. The third-order valence-electron chi connectivity index (χ3n) is 3.23. The standard InChI is InChI=1S/C9H16N2O/c1-9(2)4-3-7(9)11-6-5-10-8(11)12/h7H,3-6H2,1-2H3,(H,10,12). The third-order valence-corrected chi connectivity index (χ3v) is 3.23. The molecule has 68 valence electrons. The molecule has 0 aromatic rings. The first-order valence-electron chi connectivity index (χ1n) is 4.66. The van der Waals surface area contributed by atoms with Gasteiger partial charge in [0.25, 0.3) is 0 Å². The van der Waals surface area contributed by atoms with E-state index in [-0.39, 0.29) is 6.03 Å². The van der Waals surface area contributed by atoms with Gasteiger partial charge in [-0.3, -0.25) is 0 Å². The zero-order valence-electron chi connectivity index (χ0n) is 7.76. The molecular formula is C9H16N2O. The van der Waals surface area contributed by atoms with Crippen molar-refractivity contribution in [2.45, 2.75) is 32.7 Å². The van der Waals surface area contributed by atoms with Crippen LogP contribution in [0.1, 0.15) is 26.7 Å². The summed E-state index contributed by atoms with van der Waals surface area (Å²) >= 11 is 0. The summed E-state index contributed by atoms with van der Waals surface area (Å²) in [7, 11) is 0. The van der Waals surface area contributed by atoms with Crippen LogP contribution in [0.4, 0.5) is 4.79 Å². The van der Waals surface area contributed by atoms with E-state index in [0.717, 1.165) is 13.1 Å². The maximum absolute atomic E-state index is 11.3. The van der Waals surface area contributed by atoms with Gasteiger partial charge in [0.15, 0.2) is 0 Å². The fraction of sp³-hybridized carbons (Fsp3) is 0.889. The van der Waals surface area contributed by atoms with Gasteiger partial charge in [0.05, 0.1) is 0 Å². The van der Waals surface area contributed by atoms with Crippen LogP contribution in [0.2, 0.25) is 0 Å². The van der Waals surface area contributed by atoms with Crippen LogP contribution in [0.5, 0.6) is 0 Å². The van der Waals surface area contributed by atoms with E-state index in [2.05, 4.69) is 19.2 Å². The molecule has 0 radical (unpaired) electrons. The van der Waals surface area contributed by atoms with Gasteiger partial charge in [0, 0.05) is 19.1 Å². The largest absolute Gasteiger partial charge is 0.336 e. The molecule has 3 nitrogen and oxygen atoms in total. The number of nitrogens with zero attached hydrogens (tertiary/aromatic N) is 1. The van der Waals surface area contributed by atoms with E-state index in [0.29, 0.717) is 11.5 Å². The molecule has 1 saturated carbocycles. The van der Waals surface area contributed by atoms with E-state index in [1.165, 1.54) is 12.8 Å². The second-order valence-corrected chi connectivity index (χ2v) is 4.47. The Bertz CT molecular complexity index is 213. The van der Waals surface area contributed by atoms with Gasteiger partial charge < -0.3 is 10.2 Å². The van der Waals surface area contributed by atoms with Gasteiger partial charge in [-0.25, -0.2) is 4.79 Å². The van der Waals surface area contributed by atoms with Crippen LogP contribution in [-0.4, -0.2) is 30.1 Å². The van der Waals surface area contributed by atoms with Crippen molar-refractivity contribution in [3.63, 3.8) is 0 Å². The molecule has 2 amide bonds. The van der Waals surface area contributed by atoms with Crippen LogP contribution in [0.15, 0.2) is 0 Å². The average molecular weight is 168 g/mol. The molecule has 1 heterocycles. The van der Waals surface area contributed by atoms with Crippen molar-refractivity contribution in [3.05, 3.63) is 0 Å². The second kappa shape index (κ2) is 2.38. The number of hydrogen-bond acceptors (Lipinski definition) is 1. The van der Waals surface area contributed by atoms with E-state index in [1.807, 2.05) is 4.90 Å². The average Bonchev–Trinajstić information content (AvgIpc) is 2.35. The highest BCUT2D eigenvalue weighted by Crippen LogP contribution is 2.43. The first-order chi connectivity index (χ1) is 5.61. The maximum Gasteiger partial charge on any atom is 0.317 e. The number of amides is 2. The molecule has 3 heteroatoms. The van der Waals surface area contributed by atoms with E-state index in [4.69, 9.17) is 0 Å². The highest BCUT2D eigenvalue weighted by molar-refractivity contribution is 5.76. The number of urea groups is 1. The smallest absolute Gasteiger partial charge is 0.317 e. The highest BCUT2D eigenvalue weighted by Gasteiger charge is 2.44. The molecule has 2 aliphatic rings. The molecule has 1 unspecified atom stereocenters. The Kier molecular flexibility index (Phi) is 1.56. The van der Waals surface area contributed by atoms with Gasteiger partial charge in [0.1, 0.15) is 0 Å². The van der Waals surface area contributed by atoms with E-state index < -0.39 is 0 Å². The van der Waals surface area contributed by atoms with Gasteiger partial charge in [-0.1, -0.05) is 13.8 Å². The molecule has 0 aromatic carbocycles. The van der Waals surface area contributed by atoms with Gasteiger partial charge in [0.2, 0.25) is 0 Å². The summed E-state index contributed by atoms with van der Waals surface area (Å²) in [6.45, 7) is 6.21. The summed E-state index contributed by atoms with van der Waals surface area (Å²) in [6.07, 6.45) is 2.43. The molecule has 1 N–H and O–H groups in total. The summed E-state index contributed by atoms with van der Waals surface area (Å²) < 4.78 is 0. The lowest BCUT2D eigenvalue weighted by atomic mass is 9.66. The summed E-state index contributed by atoms with van der Waals surface area (Å²) in [4.78, 5) is 13.3. The van der Waals surface area contributed by atoms with Crippen LogP contribution >= 0.6 is 0 Å². The number of carbonyl (C=O) groups is 1. The SMILES string of the molecule is CC1(C)CCC1N1CCNC1=O. The van der Waals surface area contributed by atoms with Crippen molar-refractivity contribution >= 4 is 6.03 Å². The lowest BCUT2D eigenvalue weighted by Crippen LogP contribution is -2.53. The van der Waals surface area contributed by atoms with Crippen molar-refractivity contribution in [2.75, 3.05) is 13.1 Å². The molecule has 2 fully saturated rings. The fourth-order valence-electron chi connectivity index (χ4n) is 2.21. The highest BCUT2D eigenvalue weighted by atomic mass is 16.2. The lowest BCUT2D eigenvalue weighted by Gasteiger charge is -2.48. The zero-order valence-corrected chi connectivity index (χ0v) is 7.76. The maximum atomic E-state index is 11.3. The number of carbonyl (C=O) groups excluding carboxylic acids is 1. The van der Waals surface area contributed by atoms with Crippen LogP contribution in [0.3, 0.4) is 0 Å². The predicted molar refractivity (Wildman–Crippen MR) is 46.9 cm³/mol. The van der Waals surface area contributed by atoms with E-state index in [1.54, 1.807) is 0 Å². The van der Waals surface area contributed by atoms with Crippen LogP contribution in [0.25, 0.3) is 0 Å². The van der Waals surface area contributed by atoms with Crippen molar-refractivity contribution in [2.24, 2.45) is 5.41 Å². The zero-order chi connectivity index (χ0) is 8.77. The van der Waals surface area contributed by atoms with Gasteiger partial charge in [-0.2, -0.15) is 0 Å². The van der Waals surface area contributed by atoms with Crippen molar-refractivity contribution in [3.8, 4) is 0 Å². The molecule has 1 aliphatic heterocycles. The number of hydrogen-bond donors (Lipinski definition) is 1. The molecule has 0 bridgehead atoms. The van der Waals surface area contributed by atoms with Gasteiger partial charge >= 0.3 is 6.03 Å². The Morgan fingerprint density at radius 3 is 2.67 bits per heavy atom. The minimum absolute atomic E-state index is 0.132. The monoisotopic (exact) mass is 168 g/mol. The fourth-order valence-corrected chi connectivity index (χ4v) is 2.21. The molecule has 0 aromatic heterocycles. The minimum atomic E-state index is 0.132. The summed E-state index contributed by atoms with van der Waals surface area (Å²) in [5, 5.41) is 2.84. The molecule has 1 atom stereocenters.